The van der Waals surface area contributed by atoms with Gasteiger partial charge in [-0.2, -0.15) is 13.2 Å². The molecule has 0 aliphatic heterocycles. The van der Waals surface area contributed by atoms with Crippen molar-refractivity contribution >= 4 is 16.9 Å². The molecule has 136 valence electrons. The summed E-state index contributed by atoms with van der Waals surface area (Å²) in [5.74, 6) is -0.357. The van der Waals surface area contributed by atoms with E-state index in [2.05, 4.69) is 4.98 Å². The highest BCUT2D eigenvalue weighted by atomic mass is 19.4. The highest BCUT2D eigenvalue weighted by molar-refractivity contribution is 5.83. The third kappa shape index (κ3) is 4.45. The summed E-state index contributed by atoms with van der Waals surface area (Å²) in [7, 11) is 0. The van der Waals surface area contributed by atoms with E-state index in [-0.39, 0.29) is 19.0 Å². The zero-order valence-corrected chi connectivity index (χ0v) is 14.0. The van der Waals surface area contributed by atoms with Crippen LogP contribution in [0.1, 0.15) is 29.5 Å². The van der Waals surface area contributed by atoms with Crippen LogP contribution in [0.15, 0.2) is 54.7 Å². The van der Waals surface area contributed by atoms with Gasteiger partial charge in [-0.3, -0.25) is 4.79 Å². The number of ether oxygens (including phenoxy) is 1. The van der Waals surface area contributed by atoms with Gasteiger partial charge in [0.05, 0.1) is 5.56 Å². The van der Waals surface area contributed by atoms with E-state index in [1.807, 2.05) is 30.5 Å². The molecule has 3 rings (SSSR count). The Morgan fingerprint density at radius 1 is 1.04 bits per heavy atom. The van der Waals surface area contributed by atoms with E-state index in [4.69, 9.17) is 4.74 Å². The number of rotatable bonds is 6. The predicted molar refractivity (Wildman–Crippen MR) is 92.5 cm³/mol. The fraction of sp³-hybridized carbons (Fsp3) is 0.250. The molecule has 0 aliphatic carbocycles. The van der Waals surface area contributed by atoms with Gasteiger partial charge in [-0.25, -0.2) is 0 Å². The summed E-state index contributed by atoms with van der Waals surface area (Å²) in [4.78, 5) is 15.0. The first-order chi connectivity index (χ1) is 12.4. The van der Waals surface area contributed by atoms with Gasteiger partial charge in [0.1, 0.15) is 6.61 Å². The van der Waals surface area contributed by atoms with Crippen LogP contribution in [0.2, 0.25) is 0 Å². The lowest BCUT2D eigenvalue weighted by Gasteiger charge is -2.08. The Labute approximate surface area is 148 Å². The zero-order valence-electron chi connectivity index (χ0n) is 14.0. The number of alkyl halides is 3. The minimum atomic E-state index is -4.36. The predicted octanol–water partition coefficient (Wildman–Crippen LogP) is 5.25. The Balaban J connectivity index is 1.44. The standard InChI is InChI=1S/C20H18F3NO2/c21-20(22,23)16-10-8-14(9-11-16)13-26-19(25)7-3-4-15-12-24-18-6-2-1-5-17(15)18/h1-2,5-6,8-12,24H,3-4,7,13H2. The van der Waals surface area contributed by atoms with Gasteiger partial charge in [-0.05, 0) is 42.2 Å². The molecule has 1 aromatic heterocycles. The summed E-state index contributed by atoms with van der Waals surface area (Å²) in [6, 6.07) is 12.6. The van der Waals surface area contributed by atoms with Crippen molar-refractivity contribution in [3.05, 3.63) is 71.4 Å². The summed E-state index contributed by atoms with van der Waals surface area (Å²) in [5.41, 5.74) is 2.03. The molecular weight excluding hydrogens is 343 g/mol. The van der Waals surface area contributed by atoms with Crippen LogP contribution in [0.25, 0.3) is 10.9 Å². The number of benzene rings is 2. The van der Waals surface area contributed by atoms with Crippen molar-refractivity contribution in [3.8, 4) is 0 Å². The Kier molecular flexibility index (Phi) is 5.30. The Morgan fingerprint density at radius 3 is 2.50 bits per heavy atom. The number of esters is 1. The van der Waals surface area contributed by atoms with E-state index in [1.54, 1.807) is 0 Å². The first-order valence-electron chi connectivity index (χ1n) is 8.30. The molecule has 1 heterocycles. The first kappa shape index (κ1) is 18.0. The molecule has 0 spiro atoms. The zero-order chi connectivity index (χ0) is 18.6. The van der Waals surface area contributed by atoms with Crippen molar-refractivity contribution in [2.24, 2.45) is 0 Å². The van der Waals surface area contributed by atoms with Crippen LogP contribution in [0.5, 0.6) is 0 Å². The van der Waals surface area contributed by atoms with Gasteiger partial charge in [0.25, 0.3) is 0 Å². The van der Waals surface area contributed by atoms with Crippen LogP contribution in [0, 0.1) is 0 Å². The number of aromatic nitrogens is 1. The van der Waals surface area contributed by atoms with E-state index in [0.717, 1.165) is 35.0 Å². The molecule has 0 amide bonds. The summed E-state index contributed by atoms with van der Waals surface area (Å²) >= 11 is 0. The minimum absolute atomic E-state index is 0.0238. The maximum absolute atomic E-state index is 12.5. The molecule has 1 N–H and O–H groups in total. The Morgan fingerprint density at radius 2 is 1.77 bits per heavy atom. The Hall–Kier alpha value is -2.76. The molecule has 0 bridgehead atoms. The molecule has 0 atom stereocenters. The van der Waals surface area contributed by atoms with Crippen molar-refractivity contribution in [2.75, 3.05) is 0 Å². The van der Waals surface area contributed by atoms with Gasteiger partial charge < -0.3 is 9.72 Å². The summed E-state index contributed by atoms with van der Waals surface area (Å²) < 4.78 is 42.6. The number of carbonyl (C=O) groups excluding carboxylic acids is 1. The Bertz CT molecular complexity index is 882. The maximum atomic E-state index is 12.5. The van der Waals surface area contributed by atoms with E-state index in [0.29, 0.717) is 12.0 Å². The van der Waals surface area contributed by atoms with Crippen LogP contribution in [0.3, 0.4) is 0 Å². The minimum Gasteiger partial charge on any atom is -0.461 e. The molecule has 3 aromatic rings. The molecule has 26 heavy (non-hydrogen) atoms. The second kappa shape index (κ2) is 7.64. The van der Waals surface area contributed by atoms with Crippen LogP contribution < -0.4 is 0 Å². The number of hydrogen-bond acceptors (Lipinski definition) is 2. The number of halogens is 3. The van der Waals surface area contributed by atoms with Crippen molar-refractivity contribution in [3.63, 3.8) is 0 Å². The van der Waals surface area contributed by atoms with Crippen LogP contribution in [-0.4, -0.2) is 11.0 Å². The molecule has 0 fully saturated rings. The fourth-order valence-corrected chi connectivity index (χ4v) is 2.79. The van der Waals surface area contributed by atoms with Gasteiger partial charge >= 0.3 is 12.1 Å². The maximum Gasteiger partial charge on any atom is 0.416 e. The van der Waals surface area contributed by atoms with Crippen molar-refractivity contribution in [1.82, 2.24) is 4.98 Å². The second-order valence-corrected chi connectivity index (χ2v) is 6.07. The molecular formula is C20H18F3NO2. The summed E-state index contributed by atoms with van der Waals surface area (Å²) in [6.07, 6.45) is -0.761. The number of fused-ring (bicyclic) bond motifs is 1. The number of para-hydroxylation sites is 1. The molecule has 6 heteroatoms. The topological polar surface area (TPSA) is 42.1 Å². The average molecular weight is 361 g/mol. The highest BCUT2D eigenvalue weighted by Crippen LogP contribution is 2.29. The third-order valence-corrected chi connectivity index (χ3v) is 4.18. The molecule has 0 saturated heterocycles. The molecule has 0 unspecified atom stereocenters. The molecule has 0 saturated carbocycles. The number of aromatic amines is 1. The number of aryl methyl sites for hydroxylation is 1. The van der Waals surface area contributed by atoms with Crippen LogP contribution in [0.4, 0.5) is 13.2 Å². The SMILES string of the molecule is O=C(CCCc1c[nH]c2ccccc12)OCc1ccc(C(F)(F)F)cc1. The fourth-order valence-electron chi connectivity index (χ4n) is 2.79. The molecule has 0 aliphatic rings. The van der Waals surface area contributed by atoms with Crippen LogP contribution >= 0.6 is 0 Å². The van der Waals surface area contributed by atoms with E-state index < -0.39 is 11.7 Å². The van der Waals surface area contributed by atoms with E-state index >= 15 is 0 Å². The van der Waals surface area contributed by atoms with Gasteiger partial charge in [0, 0.05) is 23.5 Å². The van der Waals surface area contributed by atoms with E-state index in [9.17, 15) is 18.0 Å². The number of carbonyl (C=O) groups is 1. The van der Waals surface area contributed by atoms with Crippen molar-refractivity contribution < 1.29 is 22.7 Å². The van der Waals surface area contributed by atoms with Gasteiger partial charge in [-0.15, -0.1) is 0 Å². The normalized spacial score (nSPS) is 11.7. The second-order valence-electron chi connectivity index (χ2n) is 6.07. The number of H-pyrrole nitrogens is 1. The summed E-state index contributed by atoms with van der Waals surface area (Å²) in [5, 5.41) is 1.14. The van der Waals surface area contributed by atoms with Gasteiger partial charge in [0.15, 0.2) is 0 Å². The lowest BCUT2D eigenvalue weighted by Crippen LogP contribution is -2.07. The highest BCUT2D eigenvalue weighted by Gasteiger charge is 2.29. The molecule has 0 radical (unpaired) electrons. The monoisotopic (exact) mass is 361 g/mol. The largest absolute Gasteiger partial charge is 0.461 e. The van der Waals surface area contributed by atoms with Crippen LogP contribution in [-0.2, 0) is 28.7 Å². The average Bonchev–Trinajstić information content (AvgIpc) is 3.03. The lowest BCUT2D eigenvalue weighted by atomic mass is 10.1. The summed E-state index contributed by atoms with van der Waals surface area (Å²) in [6.45, 7) is -0.0238. The van der Waals surface area contributed by atoms with Crippen molar-refractivity contribution in [1.29, 1.82) is 0 Å². The molecule has 2 aromatic carbocycles. The van der Waals surface area contributed by atoms with Gasteiger partial charge in [-0.1, -0.05) is 30.3 Å². The first-order valence-corrected chi connectivity index (χ1v) is 8.30. The van der Waals surface area contributed by atoms with E-state index in [1.165, 1.54) is 12.1 Å². The lowest BCUT2D eigenvalue weighted by molar-refractivity contribution is -0.145. The quantitative estimate of drug-likeness (QED) is 0.609. The molecule has 3 nitrogen and oxygen atoms in total. The van der Waals surface area contributed by atoms with Gasteiger partial charge in [0.2, 0.25) is 0 Å². The van der Waals surface area contributed by atoms with Crippen molar-refractivity contribution in [2.45, 2.75) is 32.0 Å². The number of nitrogens with one attached hydrogen (secondary N) is 1. The third-order valence-electron chi connectivity index (χ3n) is 4.18. The number of hydrogen-bond donors (Lipinski definition) is 1. The smallest absolute Gasteiger partial charge is 0.416 e.